The molecule has 1 heterocycles. The fourth-order valence-electron chi connectivity index (χ4n) is 2.10. The third-order valence-corrected chi connectivity index (χ3v) is 4.02. The van der Waals surface area contributed by atoms with Crippen LogP contribution < -0.4 is 5.32 Å². The average Bonchev–Trinajstić information content (AvgIpc) is 2.77. The molecule has 0 fully saturated rings. The first-order valence-corrected chi connectivity index (χ1v) is 7.26. The Bertz CT molecular complexity index is 770. The molecule has 0 aliphatic carbocycles. The third-order valence-electron chi connectivity index (χ3n) is 3.10. The van der Waals surface area contributed by atoms with Crippen LogP contribution in [0.15, 0.2) is 46.9 Å². The lowest BCUT2D eigenvalue weighted by atomic mass is 10.2. The molecule has 102 valence electrons. The molecule has 3 aromatic rings. The summed E-state index contributed by atoms with van der Waals surface area (Å²) in [5.41, 5.74) is 2.25. The molecule has 0 unspecified atom stereocenters. The highest BCUT2D eigenvalue weighted by atomic mass is 79.9. The maximum Gasteiger partial charge on any atom is 0.146 e. The summed E-state index contributed by atoms with van der Waals surface area (Å²) < 4.78 is 14.5. The standard InChI is InChI=1S/C15H11BrClFN2/c16-9-5-6-11(18)13(7-9)19-8-14-15(17)10-3-1-2-4-12(10)20-14/h1-7,19-20H,8H2. The highest BCUT2D eigenvalue weighted by molar-refractivity contribution is 9.10. The Hall–Kier alpha value is -1.52. The van der Waals surface area contributed by atoms with Gasteiger partial charge in [-0.1, -0.05) is 45.7 Å². The van der Waals surface area contributed by atoms with E-state index in [9.17, 15) is 4.39 Å². The van der Waals surface area contributed by atoms with Gasteiger partial charge >= 0.3 is 0 Å². The summed E-state index contributed by atoms with van der Waals surface area (Å²) in [6.07, 6.45) is 0. The monoisotopic (exact) mass is 352 g/mol. The van der Waals surface area contributed by atoms with Crippen LogP contribution in [0.3, 0.4) is 0 Å². The Morgan fingerprint density at radius 3 is 2.80 bits per heavy atom. The predicted octanol–water partition coefficient (Wildman–Crippen LogP) is 5.34. The van der Waals surface area contributed by atoms with Crippen molar-refractivity contribution < 1.29 is 4.39 Å². The second-order valence-electron chi connectivity index (χ2n) is 4.44. The van der Waals surface area contributed by atoms with E-state index in [2.05, 4.69) is 26.2 Å². The molecule has 0 aliphatic heterocycles. The molecule has 0 saturated heterocycles. The van der Waals surface area contributed by atoms with E-state index in [1.165, 1.54) is 6.07 Å². The molecule has 5 heteroatoms. The summed E-state index contributed by atoms with van der Waals surface area (Å²) in [6.45, 7) is 0.431. The Kier molecular flexibility index (Phi) is 3.68. The molecule has 0 amide bonds. The summed E-state index contributed by atoms with van der Waals surface area (Å²) >= 11 is 9.64. The highest BCUT2D eigenvalue weighted by Crippen LogP contribution is 2.28. The van der Waals surface area contributed by atoms with Crippen molar-refractivity contribution in [2.24, 2.45) is 0 Å². The SMILES string of the molecule is Fc1ccc(Br)cc1NCc1[nH]c2ccccc2c1Cl. The lowest BCUT2D eigenvalue weighted by molar-refractivity contribution is 0.629. The number of benzene rings is 2. The van der Waals surface area contributed by atoms with Gasteiger partial charge in [-0.3, -0.25) is 0 Å². The Labute approximate surface area is 129 Å². The van der Waals surface area contributed by atoms with Gasteiger partial charge in [0.25, 0.3) is 0 Å². The lowest BCUT2D eigenvalue weighted by Gasteiger charge is -2.07. The number of aromatic nitrogens is 1. The molecule has 0 radical (unpaired) electrons. The first-order valence-electron chi connectivity index (χ1n) is 6.09. The maximum atomic E-state index is 13.7. The number of hydrogen-bond donors (Lipinski definition) is 2. The number of H-pyrrole nitrogens is 1. The average molecular weight is 354 g/mol. The van der Waals surface area contributed by atoms with Gasteiger partial charge in [-0.2, -0.15) is 0 Å². The van der Waals surface area contributed by atoms with E-state index in [4.69, 9.17) is 11.6 Å². The number of para-hydroxylation sites is 1. The van der Waals surface area contributed by atoms with Crippen LogP contribution in [0, 0.1) is 5.82 Å². The lowest BCUT2D eigenvalue weighted by Crippen LogP contribution is -2.02. The van der Waals surface area contributed by atoms with E-state index in [0.717, 1.165) is 21.1 Å². The minimum Gasteiger partial charge on any atom is -0.377 e. The summed E-state index contributed by atoms with van der Waals surface area (Å²) in [5.74, 6) is -0.291. The quantitative estimate of drug-likeness (QED) is 0.654. The van der Waals surface area contributed by atoms with Gasteiger partial charge in [-0.25, -0.2) is 4.39 Å². The Morgan fingerprint density at radius 2 is 2.00 bits per heavy atom. The zero-order chi connectivity index (χ0) is 14.1. The van der Waals surface area contributed by atoms with Gasteiger partial charge < -0.3 is 10.3 Å². The maximum absolute atomic E-state index is 13.7. The molecule has 3 rings (SSSR count). The zero-order valence-corrected chi connectivity index (χ0v) is 12.7. The molecule has 0 bridgehead atoms. The van der Waals surface area contributed by atoms with Crippen LogP contribution in [0.1, 0.15) is 5.69 Å². The molecule has 0 spiro atoms. The van der Waals surface area contributed by atoms with E-state index in [1.807, 2.05) is 24.3 Å². The zero-order valence-electron chi connectivity index (χ0n) is 10.4. The normalized spacial score (nSPS) is 10.9. The fraction of sp³-hybridized carbons (Fsp3) is 0.0667. The van der Waals surface area contributed by atoms with Gasteiger partial charge in [0.2, 0.25) is 0 Å². The number of hydrogen-bond acceptors (Lipinski definition) is 1. The molecule has 2 N–H and O–H groups in total. The highest BCUT2D eigenvalue weighted by Gasteiger charge is 2.09. The second-order valence-corrected chi connectivity index (χ2v) is 5.73. The van der Waals surface area contributed by atoms with Crippen LogP contribution in [-0.2, 0) is 6.54 Å². The van der Waals surface area contributed by atoms with Crippen molar-refractivity contribution in [1.29, 1.82) is 0 Å². The van der Waals surface area contributed by atoms with Gasteiger partial charge in [0, 0.05) is 15.4 Å². The molecule has 1 aromatic heterocycles. The van der Waals surface area contributed by atoms with Crippen LogP contribution in [0.2, 0.25) is 5.02 Å². The van der Waals surface area contributed by atoms with E-state index >= 15 is 0 Å². The Balaban J connectivity index is 1.87. The smallest absolute Gasteiger partial charge is 0.146 e. The van der Waals surface area contributed by atoms with E-state index in [1.54, 1.807) is 12.1 Å². The van der Waals surface area contributed by atoms with Gasteiger partial charge in [0.05, 0.1) is 22.9 Å². The van der Waals surface area contributed by atoms with Crippen molar-refractivity contribution in [3.8, 4) is 0 Å². The molecule has 0 saturated carbocycles. The molecule has 0 aliphatic rings. The van der Waals surface area contributed by atoms with Crippen LogP contribution in [0.25, 0.3) is 10.9 Å². The van der Waals surface area contributed by atoms with Crippen LogP contribution >= 0.6 is 27.5 Å². The Morgan fingerprint density at radius 1 is 1.20 bits per heavy atom. The van der Waals surface area contributed by atoms with Crippen molar-refractivity contribution >= 4 is 44.1 Å². The van der Waals surface area contributed by atoms with Crippen LogP contribution in [0.5, 0.6) is 0 Å². The van der Waals surface area contributed by atoms with Crippen LogP contribution in [0.4, 0.5) is 10.1 Å². The number of aromatic amines is 1. The van der Waals surface area contributed by atoms with Gasteiger partial charge in [-0.05, 0) is 24.3 Å². The summed E-state index contributed by atoms with van der Waals surface area (Å²) in [7, 11) is 0. The number of halogens is 3. The number of fused-ring (bicyclic) bond motifs is 1. The molecular formula is C15H11BrClFN2. The summed E-state index contributed by atoms with van der Waals surface area (Å²) in [4.78, 5) is 3.24. The van der Waals surface area contributed by atoms with Crippen LogP contribution in [-0.4, -0.2) is 4.98 Å². The van der Waals surface area contributed by atoms with Crippen molar-refractivity contribution in [2.45, 2.75) is 6.54 Å². The number of nitrogens with one attached hydrogen (secondary N) is 2. The topological polar surface area (TPSA) is 27.8 Å². The third kappa shape index (κ3) is 2.53. The van der Waals surface area contributed by atoms with Crippen molar-refractivity contribution in [1.82, 2.24) is 4.98 Å². The van der Waals surface area contributed by atoms with Gasteiger partial charge in [-0.15, -0.1) is 0 Å². The molecule has 0 atom stereocenters. The summed E-state index contributed by atoms with van der Waals surface area (Å²) in [6, 6.07) is 12.6. The van der Waals surface area contributed by atoms with E-state index in [-0.39, 0.29) is 5.82 Å². The van der Waals surface area contributed by atoms with Crippen molar-refractivity contribution in [2.75, 3.05) is 5.32 Å². The summed E-state index contributed by atoms with van der Waals surface area (Å²) in [5, 5.41) is 4.69. The fourth-order valence-corrected chi connectivity index (χ4v) is 2.74. The van der Waals surface area contributed by atoms with Crippen molar-refractivity contribution in [3.05, 3.63) is 63.5 Å². The first kappa shape index (κ1) is 13.5. The van der Waals surface area contributed by atoms with Crippen molar-refractivity contribution in [3.63, 3.8) is 0 Å². The van der Waals surface area contributed by atoms with Gasteiger partial charge in [0.1, 0.15) is 5.82 Å². The molecule has 2 aromatic carbocycles. The predicted molar refractivity (Wildman–Crippen MR) is 84.7 cm³/mol. The minimum atomic E-state index is -0.291. The van der Waals surface area contributed by atoms with E-state index < -0.39 is 0 Å². The minimum absolute atomic E-state index is 0.291. The van der Waals surface area contributed by atoms with Gasteiger partial charge in [0.15, 0.2) is 0 Å². The number of anilines is 1. The largest absolute Gasteiger partial charge is 0.377 e. The second kappa shape index (κ2) is 5.46. The first-order chi connectivity index (χ1) is 9.65. The molecule has 2 nitrogen and oxygen atoms in total. The number of rotatable bonds is 3. The van der Waals surface area contributed by atoms with E-state index in [0.29, 0.717) is 17.3 Å². The molecule has 20 heavy (non-hydrogen) atoms. The molecular weight excluding hydrogens is 343 g/mol.